The normalized spacial score (nSPS) is 18.4. The van der Waals surface area contributed by atoms with Crippen molar-refractivity contribution < 1.29 is 26.4 Å². The van der Waals surface area contributed by atoms with E-state index in [2.05, 4.69) is 5.32 Å². The summed E-state index contributed by atoms with van der Waals surface area (Å²) in [6.45, 7) is -0.253. The van der Waals surface area contributed by atoms with Crippen LogP contribution in [-0.2, 0) is 20.8 Å². The zero-order chi connectivity index (χ0) is 21.2. The number of nitrogens with zero attached hydrogens (tertiary/aromatic N) is 1. The van der Waals surface area contributed by atoms with Gasteiger partial charge < -0.3 is 10.2 Å². The number of para-hydroxylation sites is 1. The summed E-state index contributed by atoms with van der Waals surface area (Å²) in [7, 11) is -3.22. The summed E-state index contributed by atoms with van der Waals surface area (Å²) in [5.41, 5.74) is -0.151. The molecular formula is C19H18ClF3N2O3S. The Labute approximate surface area is 171 Å². The minimum absolute atomic E-state index is 0.00639. The molecule has 1 N–H and O–H groups in total. The number of hydrogen-bond acceptors (Lipinski definition) is 4. The molecule has 1 aliphatic heterocycles. The van der Waals surface area contributed by atoms with Crippen LogP contribution in [0.4, 0.5) is 24.5 Å². The highest BCUT2D eigenvalue weighted by Crippen LogP contribution is 2.34. The van der Waals surface area contributed by atoms with Gasteiger partial charge in [0, 0.05) is 5.69 Å². The SMILES string of the molecule is O=C(CNc1ccc(C(F)(F)F)cc1Cl)N(c1ccccc1)C1CCS(=O)(=O)C1. The summed E-state index contributed by atoms with van der Waals surface area (Å²) in [6, 6.07) is 11.0. The topological polar surface area (TPSA) is 66.5 Å². The molecule has 5 nitrogen and oxygen atoms in total. The Bertz CT molecular complexity index is 998. The fourth-order valence-electron chi connectivity index (χ4n) is 3.22. The van der Waals surface area contributed by atoms with Gasteiger partial charge in [-0.1, -0.05) is 29.8 Å². The molecule has 0 saturated carbocycles. The molecule has 1 atom stereocenters. The number of alkyl halides is 3. The molecule has 0 spiro atoms. The summed E-state index contributed by atoms with van der Waals surface area (Å²) < 4.78 is 62.0. The predicted molar refractivity (Wildman–Crippen MR) is 106 cm³/mol. The number of sulfone groups is 1. The second-order valence-corrected chi connectivity index (χ2v) is 9.34. The quantitative estimate of drug-likeness (QED) is 0.754. The van der Waals surface area contributed by atoms with Gasteiger partial charge in [-0.3, -0.25) is 4.79 Å². The van der Waals surface area contributed by atoms with E-state index < -0.39 is 33.5 Å². The van der Waals surface area contributed by atoms with Gasteiger partial charge in [-0.15, -0.1) is 0 Å². The maximum atomic E-state index is 12.9. The van der Waals surface area contributed by atoms with Gasteiger partial charge in [0.1, 0.15) is 0 Å². The number of rotatable bonds is 5. The summed E-state index contributed by atoms with van der Waals surface area (Å²) in [5, 5.41) is 2.58. The second kappa shape index (κ2) is 8.23. The van der Waals surface area contributed by atoms with Crippen LogP contribution in [0.3, 0.4) is 0 Å². The zero-order valence-corrected chi connectivity index (χ0v) is 16.7. The Hall–Kier alpha value is -2.26. The number of hydrogen-bond donors (Lipinski definition) is 1. The molecule has 1 saturated heterocycles. The molecule has 0 radical (unpaired) electrons. The van der Waals surface area contributed by atoms with Crippen LogP contribution in [0, 0.1) is 0 Å². The van der Waals surface area contributed by atoms with E-state index in [1.54, 1.807) is 30.3 Å². The molecule has 0 aromatic heterocycles. The highest BCUT2D eigenvalue weighted by molar-refractivity contribution is 7.91. The summed E-state index contributed by atoms with van der Waals surface area (Å²) in [4.78, 5) is 14.3. The summed E-state index contributed by atoms with van der Waals surface area (Å²) >= 11 is 5.91. The predicted octanol–water partition coefficient (Wildman–Crippen LogP) is 3.99. The van der Waals surface area contributed by atoms with Crippen LogP contribution >= 0.6 is 11.6 Å². The minimum atomic E-state index is -4.52. The Morgan fingerprint density at radius 2 is 1.86 bits per heavy atom. The van der Waals surface area contributed by atoms with E-state index in [1.807, 2.05) is 0 Å². The van der Waals surface area contributed by atoms with E-state index in [4.69, 9.17) is 11.6 Å². The van der Waals surface area contributed by atoms with Crippen LogP contribution < -0.4 is 10.2 Å². The number of amides is 1. The number of carbonyl (C=O) groups excluding carboxylic acids is 1. The van der Waals surface area contributed by atoms with E-state index in [-0.39, 0.29) is 28.8 Å². The molecule has 29 heavy (non-hydrogen) atoms. The standard InChI is InChI=1S/C19H18ClF3N2O3S/c20-16-10-13(19(21,22)23)6-7-17(16)24-11-18(26)25(14-4-2-1-3-5-14)15-8-9-29(27,28)12-15/h1-7,10,15,24H,8-9,11-12H2. The van der Waals surface area contributed by atoms with Crippen molar-refractivity contribution in [2.75, 3.05) is 28.3 Å². The molecule has 1 unspecified atom stereocenters. The lowest BCUT2D eigenvalue weighted by molar-refractivity contribution is -0.137. The minimum Gasteiger partial charge on any atom is -0.375 e. The van der Waals surface area contributed by atoms with Gasteiger partial charge in [0.15, 0.2) is 9.84 Å². The third-order valence-corrected chi connectivity index (χ3v) is 6.67. The van der Waals surface area contributed by atoms with Crippen molar-refractivity contribution in [3.8, 4) is 0 Å². The van der Waals surface area contributed by atoms with Crippen molar-refractivity contribution in [2.45, 2.75) is 18.6 Å². The van der Waals surface area contributed by atoms with E-state index in [0.717, 1.165) is 18.2 Å². The van der Waals surface area contributed by atoms with E-state index in [9.17, 15) is 26.4 Å². The van der Waals surface area contributed by atoms with Crippen molar-refractivity contribution in [1.82, 2.24) is 0 Å². The Morgan fingerprint density at radius 1 is 1.17 bits per heavy atom. The van der Waals surface area contributed by atoms with Gasteiger partial charge in [-0.25, -0.2) is 8.42 Å². The lowest BCUT2D eigenvalue weighted by Crippen LogP contribution is -2.44. The Kier molecular flexibility index (Phi) is 6.09. The first-order valence-electron chi connectivity index (χ1n) is 8.75. The molecule has 0 aliphatic carbocycles. The molecule has 0 bridgehead atoms. The van der Waals surface area contributed by atoms with Crippen molar-refractivity contribution in [2.24, 2.45) is 0 Å². The molecular weight excluding hydrogens is 429 g/mol. The van der Waals surface area contributed by atoms with E-state index in [0.29, 0.717) is 12.1 Å². The molecule has 2 aromatic carbocycles. The average molecular weight is 447 g/mol. The van der Waals surface area contributed by atoms with Gasteiger partial charge in [0.25, 0.3) is 0 Å². The molecule has 3 rings (SSSR count). The van der Waals surface area contributed by atoms with Crippen molar-refractivity contribution in [3.05, 3.63) is 59.1 Å². The average Bonchev–Trinajstić information content (AvgIpc) is 3.00. The fourth-order valence-corrected chi connectivity index (χ4v) is 5.16. The summed E-state index contributed by atoms with van der Waals surface area (Å²) in [6.07, 6.45) is -4.19. The monoisotopic (exact) mass is 446 g/mol. The molecule has 1 heterocycles. The largest absolute Gasteiger partial charge is 0.416 e. The molecule has 1 fully saturated rings. The molecule has 156 valence electrons. The summed E-state index contributed by atoms with van der Waals surface area (Å²) in [5.74, 6) is -0.532. The van der Waals surface area contributed by atoms with Gasteiger partial charge in [0.2, 0.25) is 5.91 Å². The smallest absolute Gasteiger partial charge is 0.375 e. The van der Waals surface area contributed by atoms with Crippen LogP contribution in [0.2, 0.25) is 5.02 Å². The first kappa shape index (κ1) is 21.4. The third kappa shape index (κ3) is 5.22. The number of nitrogens with one attached hydrogen (secondary N) is 1. The lowest BCUT2D eigenvalue weighted by atomic mass is 10.1. The van der Waals surface area contributed by atoms with E-state index in [1.165, 1.54) is 4.90 Å². The van der Waals surface area contributed by atoms with Crippen LogP contribution in [0.15, 0.2) is 48.5 Å². The zero-order valence-electron chi connectivity index (χ0n) is 15.1. The lowest BCUT2D eigenvalue weighted by Gasteiger charge is -2.28. The fraction of sp³-hybridized carbons (Fsp3) is 0.316. The van der Waals surface area contributed by atoms with E-state index >= 15 is 0 Å². The highest BCUT2D eigenvalue weighted by Gasteiger charge is 2.35. The number of halogens is 4. The van der Waals surface area contributed by atoms with Crippen molar-refractivity contribution >= 4 is 38.7 Å². The first-order chi connectivity index (χ1) is 13.6. The van der Waals surface area contributed by atoms with Gasteiger partial charge in [-0.05, 0) is 36.8 Å². The van der Waals surface area contributed by atoms with Crippen molar-refractivity contribution in [3.63, 3.8) is 0 Å². The maximum absolute atomic E-state index is 12.9. The van der Waals surface area contributed by atoms with Crippen LogP contribution in [0.5, 0.6) is 0 Å². The van der Waals surface area contributed by atoms with Crippen LogP contribution in [0.1, 0.15) is 12.0 Å². The van der Waals surface area contributed by atoms with Gasteiger partial charge in [0.05, 0.1) is 40.4 Å². The number of anilines is 2. The molecule has 10 heteroatoms. The molecule has 1 amide bonds. The Morgan fingerprint density at radius 3 is 2.41 bits per heavy atom. The van der Waals surface area contributed by atoms with Crippen LogP contribution in [0.25, 0.3) is 0 Å². The second-order valence-electron chi connectivity index (χ2n) is 6.70. The molecule has 1 aliphatic rings. The van der Waals surface area contributed by atoms with Crippen molar-refractivity contribution in [1.29, 1.82) is 0 Å². The number of benzene rings is 2. The third-order valence-electron chi connectivity index (χ3n) is 4.60. The Balaban J connectivity index is 1.77. The maximum Gasteiger partial charge on any atom is 0.416 e. The molecule has 2 aromatic rings. The number of carbonyl (C=O) groups is 1. The highest BCUT2D eigenvalue weighted by atomic mass is 35.5. The first-order valence-corrected chi connectivity index (χ1v) is 10.9. The van der Waals surface area contributed by atoms with Crippen LogP contribution in [-0.4, -0.2) is 38.4 Å². The van der Waals surface area contributed by atoms with Gasteiger partial charge in [-0.2, -0.15) is 13.2 Å². The van der Waals surface area contributed by atoms with Gasteiger partial charge >= 0.3 is 6.18 Å².